The first-order valence-corrected chi connectivity index (χ1v) is 9.79. The Morgan fingerprint density at radius 1 is 1.11 bits per heavy atom. The Morgan fingerprint density at radius 3 is 2.61 bits per heavy atom. The zero-order chi connectivity index (χ0) is 19.2. The van der Waals surface area contributed by atoms with Crippen LogP contribution in [0.15, 0.2) is 67.0 Å². The molecule has 1 fully saturated rings. The lowest BCUT2D eigenvalue weighted by Gasteiger charge is -2.14. The maximum atomic E-state index is 12.2. The van der Waals surface area contributed by atoms with Gasteiger partial charge in [-0.15, -0.1) is 0 Å². The van der Waals surface area contributed by atoms with E-state index in [4.69, 9.17) is 5.10 Å². The van der Waals surface area contributed by atoms with E-state index >= 15 is 0 Å². The number of carbonyl (C=O) groups excluding carboxylic acids is 1. The Bertz CT molecular complexity index is 941. The van der Waals surface area contributed by atoms with Crippen LogP contribution in [0.1, 0.15) is 43.0 Å². The van der Waals surface area contributed by atoms with E-state index in [-0.39, 0.29) is 5.91 Å². The highest BCUT2D eigenvalue weighted by Gasteiger charge is 2.22. The molecule has 1 amide bonds. The first-order valence-electron chi connectivity index (χ1n) is 9.79. The summed E-state index contributed by atoms with van der Waals surface area (Å²) in [7, 11) is 0. The minimum atomic E-state index is -0.121. The van der Waals surface area contributed by atoms with Crippen LogP contribution in [-0.4, -0.2) is 20.7 Å². The average molecular weight is 372 g/mol. The van der Waals surface area contributed by atoms with Crippen LogP contribution in [0.2, 0.25) is 0 Å². The van der Waals surface area contributed by atoms with Gasteiger partial charge in [-0.25, -0.2) is 0 Å². The number of nitrogens with one attached hydrogen (secondary N) is 1. The third-order valence-electron chi connectivity index (χ3n) is 5.10. The summed E-state index contributed by atoms with van der Waals surface area (Å²) in [6.07, 6.45) is 11.8. The molecule has 1 aliphatic carbocycles. The van der Waals surface area contributed by atoms with Crippen LogP contribution >= 0.6 is 0 Å². The van der Waals surface area contributed by atoms with Gasteiger partial charge in [-0.2, -0.15) is 5.10 Å². The van der Waals surface area contributed by atoms with Gasteiger partial charge in [-0.05, 0) is 42.7 Å². The highest BCUT2D eigenvalue weighted by atomic mass is 16.1. The summed E-state index contributed by atoms with van der Waals surface area (Å²) < 4.78 is 2.14. The van der Waals surface area contributed by atoms with E-state index in [9.17, 15) is 4.79 Å². The van der Waals surface area contributed by atoms with Gasteiger partial charge < -0.3 is 5.32 Å². The predicted molar refractivity (Wildman–Crippen MR) is 110 cm³/mol. The zero-order valence-electron chi connectivity index (χ0n) is 15.8. The van der Waals surface area contributed by atoms with Crippen LogP contribution in [0.4, 0.5) is 0 Å². The molecule has 0 saturated heterocycles. The molecule has 2 heterocycles. The number of carbonyl (C=O) groups is 1. The maximum absolute atomic E-state index is 12.2. The highest BCUT2D eigenvalue weighted by Crippen LogP contribution is 2.33. The Labute approximate surface area is 165 Å². The molecule has 1 N–H and O–H groups in total. The Kier molecular flexibility index (Phi) is 5.61. The second-order valence-corrected chi connectivity index (χ2v) is 7.10. The fraction of sp³-hybridized carbons (Fsp3) is 0.261. The molecule has 3 aromatic rings. The van der Waals surface area contributed by atoms with Crippen molar-refractivity contribution in [3.8, 4) is 11.3 Å². The van der Waals surface area contributed by atoms with E-state index in [2.05, 4.69) is 21.0 Å². The lowest BCUT2D eigenvalue weighted by molar-refractivity contribution is -0.116. The Hall–Kier alpha value is -3.21. The van der Waals surface area contributed by atoms with Crippen LogP contribution in [0.3, 0.4) is 0 Å². The third-order valence-corrected chi connectivity index (χ3v) is 5.10. The smallest absolute Gasteiger partial charge is 0.244 e. The topological polar surface area (TPSA) is 59.8 Å². The van der Waals surface area contributed by atoms with Crippen molar-refractivity contribution in [3.05, 3.63) is 78.3 Å². The van der Waals surface area contributed by atoms with Gasteiger partial charge in [0, 0.05) is 24.0 Å². The Morgan fingerprint density at radius 2 is 1.86 bits per heavy atom. The molecule has 0 radical (unpaired) electrons. The lowest BCUT2D eigenvalue weighted by atomic mass is 10.1. The minimum Gasteiger partial charge on any atom is -0.347 e. The van der Waals surface area contributed by atoms with E-state index in [1.54, 1.807) is 18.5 Å². The quantitative estimate of drug-likeness (QED) is 0.653. The largest absolute Gasteiger partial charge is 0.347 e. The zero-order valence-corrected chi connectivity index (χ0v) is 15.8. The molecule has 1 saturated carbocycles. The fourth-order valence-electron chi connectivity index (χ4n) is 3.67. The van der Waals surface area contributed by atoms with Crippen molar-refractivity contribution in [1.82, 2.24) is 20.1 Å². The summed E-state index contributed by atoms with van der Waals surface area (Å²) in [6.45, 7) is 0.412. The number of pyridine rings is 1. The van der Waals surface area contributed by atoms with Crippen molar-refractivity contribution < 1.29 is 4.79 Å². The van der Waals surface area contributed by atoms with Gasteiger partial charge in [-0.1, -0.05) is 43.2 Å². The van der Waals surface area contributed by atoms with E-state index in [0.29, 0.717) is 12.6 Å². The van der Waals surface area contributed by atoms with Gasteiger partial charge in [0.25, 0.3) is 0 Å². The van der Waals surface area contributed by atoms with Crippen LogP contribution < -0.4 is 5.32 Å². The molecule has 0 aliphatic heterocycles. The van der Waals surface area contributed by atoms with Crippen molar-refractivity contribution in [2.24, 2.45) is 0 Å². The average Bonchev–Trinajstić information content (AvgIpc) is 3.42. The number of amides is 1. The number of nitrogens with zero attached hydrogens (tertiary/aromatic N) is 3. The normalized spacial score (nSPS) is 14.6. The molecule has 0 atom stereocenters. The molecule has 2 aromatic heterocycles. The standard InChI is InChI=1S/C23H24N4O/c28-23(11-10-18-6-2-1-3-7-18)25-17-20-16-22(19-12-14-24-15-13-19)27(26-20)21-8-4-5-9-21/h1-3,6-7,10-16,21H,4-5,8-9,17H2,(H,25,28)/b11-10+. The molecule has 4 rings (SSSR count). The van der Waals surface area contributed by atoms with Gasteiger partial charge in [-0.3, -0.25) is 14.5 Å². The molecule has 142 valence electrons. The van der Waals surface area contributed by atoms with Crippen molar-refractivity contribution >= 4 is 12.0 Å². The second-order valence-electron chi connectivity index (χ2n) is 7.10. The molecule has 0 unspecified atom stereocenters. The van der Waals surface area contributed by atoms with E-state index < -0.39 is 0 Å². The van der Waals surface area contributed by atoms with Crippen LogP contribution in [0, 0.1) is 0 Å². The summed E-state index contributed by atoms with van der Waals surface area (Å²) in [5.41, 5.74) is 4.08. The third kappa shape index (κ3) is 4.36. The Balaban J connectivity index is 1.47. The van der Waals surface area contributed by atoms with Crippen molar-refractivity contribution in [2.45, 2.75) is 38.3 Å². The minimum absolute atomic E-state index is 0.121. The van der Waals surface area contributed by atoms with E-state index in [1.165, 1.54) is 12.8 Å². The molecule has 0 spiro atoms. The summed E-state index contributed by atoms with van der Waals surface area (Å²) in [4.78, 5) is 16.3. The van der Waals surface area contributed by atoms with Crippen molar-refractivity contribution in [2.75, 3.05) is 0 Å². The molecular formula is C23H24N4O. The van der Waals surface area contributed by atoms with Gasteiger partial charge >= 0.3 is 0 Å². The SMILES string of the molecule is O=C(/C=C/c1ccccc1)NCc1cc(-c2ccncc2)n(C2CCCC2)n1. The van der Waals surface area contributed by atoms with Crippen LogP contribution in [-0.2, 0) is 11.3 Å². The monoisotopic (exact) mass is 372 g/mol. The molecular weight excluding hydrogens is 348 g/mol. The number of rotatable bonds is 6. The predicted octanol–water partition coefficient (Wildman–Crippen LogP) is 4.39. The summed E-state index contributed by atoms with van der Waals surface area (Å²) in [6, 6.07) is 16.3. The number of aromatic nitrogens is 3. The van der Waals surface area contributed by atoms with Gasteiger partial charge in [0.05, 0.1) is 24.0 Å². The first-order chi connectivity index (χ1) is 13.8. The first kappa shape index (κ1) is 18.2. The molecule has 5 nitrogen and oxygen atoms in total. The lowest BCUT2D eigenvalue weighted by Crippen LogP contribution is -2.20. The van der Waals surface area contributed by atoms with Crippen molar-refractivity contribution in [1.29, 1.82) is 0 Å². The second kappa shape index (κ2) is 8.65. The fourth-order valence-corrected chi connectivity index (χ4v) is 3.67. The summed E-state index contributed by atoms with van der Waals surface area (Å²) in [5, 5.41) is 7.75. The maximum Gasteiger partial charge on any atom is 0.244 e. The highest BCUT2D eigenvalue weighted by molar-refractivity contribution is 5.91. The van der Waals surface area contributed by atoms with E-state index in [0.717, 1.165) is 35.4 Å². The molecule has 0 bridgehead atoms. The van der Waals surface area contributed by atoms with Crippen LogP contribution in [0.25, 0.3) is 17.3 Å². The molecule has 1 aliphatic rings. The van der Waals surface area contributed by atoms with Gasteiger partial charge in [0.2, 0.25) is 5.91 Å². The molecule has 28 heavy (non-hydrogen) atoms. The van der Waals surface area contributed by atoms with Gasteiger partial charge in [0.1, 0.15) is 0 Å². The molecule has 1 aromatic carbocycles. The van der Waals surface area contributed by atoms with Crippen molar-refractivity contribution in [3.63, 3.8) is 0 Å². The summed E-state index contributed by atoms with van der Waals surface area (Å²) in [5.74, 6) is -0.121. The molecule has 5 heteroatoms. The number of benzene rings is 1. The number of hydrogen-bond donors (Lipinski definition) is 1. The van der Waals surface area contributed by atoms with Crippen LogP contribution in [0.5, 0.6) is 0 Å². The number of hydrogen-bond acceptors (Lipinski definition) is 3. The van der Waals surface area contributed by atoms with E-state index in [1.807, 2.05) is 48.5 Å². The summed E-state index contributed by atoms with van der Waals surface area (Å²) >= 11 is 0. The van der Waals surface area contributed by atoms with Gasteiger partial charge in [0.15, 0.2) is 0 Å².